The van der Waals surface area contributed by atoms with Crippen molar-refractivity contribution in [3.8, 4) is 0 Å². The van der Waals surface area contributed by atoms with Gasteiger partial charge in [-0.05, 0) is 62.1 Å². The number of alkyl halides is 3. The lowest BCUT2D eigenvalue weighted by Crippen LogP contribution is -2.40. The van der Waals surface area contributed by atoms with Crippen LogP contribution in [-0.4, -0.2) is 17.3 Å². The Bertz CT molecular complexity index is 1100. The summed E-state index contributed by atoms with van der Waals surface area (Å²) < 4.78 is 39.7. The average molecular weight is 466 g/mol. The minimum atomic E-state index is -4.47. The van der Waals surface area contributed by atoms with Crippen LogP contribution in [0.2, 0.25) is 5.02 Å². The van der Waals surface area contributed by atoms with Crippen molar-refractivity contribution in [1.82, 2.24) is 0 Å². The van der Waals surface area contributed by atoms with E-state index in [0.29, 0.717) is 34.4 Å². The molecule has 9 heteroatoms. The van der Waals surface area contributed by atoms with Gasteiger partial charge in [0.15, 0.2) is 5.43 Å². The molecule has 3 nitrogen and oxygen atoms in total. The van der Waals surface area contributed by atoms with Gasteiger partial charge in [-0.25, -0.2) is 0 Å². The zero-order valence-corrected chi connectivity index (χ0v) is 17.9. The molecule has 2 aromatic carbocycles. The molecule has 1 unspecified atom stereocenters. The number of aliphatic hydroxyl groups excluding tert-OH is 1. The molecule has 0 aliphatic rings. The molecule has 1 aromatic heterocycles. The summed E-state index contributed by atoms with van der Waals surface area (Å²) in [6, 6.07) is 6.49. The number of aryl methyl sites for hydroxylation is 1. The highest BCUT2D eigenvalue weighted by Gasteiger charge is 2.30. The number of benzene rings is 2. The third kappa shape index (κ3) is 5.22. The molecular formula is C20H20Cl2F3NO2S. The standard InChI is InChI=1S/C20H19ClF3NO2S.ClH/c1-19(25,10-26)6-2-3-11-7-14-17(9-15(11)21)28-16-8-12(20(22,23)24)4-5-13(16)18(14)27;/h4-5,7-9,26H,2-3,6,10,25H2,1H3;1H. The summed E-state index contributed by atoms with van der Waals surface area (Å²) >= 11 is 7.45. The van der Waals surface area contributed by atoms with Crippen LogP contribution < -0.4 is 11.2 Å². The molecule has 0 saturated heterocycles. The number of halogens is 5. The van der Waals surface area contributed by atoms with Crippen molar-refractivity contribution in [2.24, 2.45) is 5.73 Å². The van der Waals surface area contributed by atoms with Crippen molar-refractivity contribution < 1.29 is 18.3 Å². The average Bonchev–Trinajstić information content (AvgIpc) is 2.61. The van der Waals surface area contributed by atoms with E-state index in [0.717, 1.165) is 29.0 Å². The maximum Gasteiger partial charge on any atom is 0.416 e. The molecule has 0 radical (unpaired) electrons. The van der Waals surface area contributed by atoms with Crippen molar-refractivity contribution >= 4 is 55.5 Å². The van der Waals surface area contributed by atoms with Gasteiger partial charge in [0.2, 0.25) is 0 Å². The first kappa shape index (κ1) is 23.9. The van der Waals surface area contributed by atoms with Gasteiger partial charge in [0.25, 0.3) is 0 Å². The smallest absolute Gasteiger partial charge is 0.394 e. The zero-order valence-electron chi connectivity index (χ0n) is 15.5. The molecule has 0 aliphatic heterocycles. The summed E-state index contributed by atoms with van der Waals surface area (Å²) in [6.45, 7) is 1.63. The summed E-state index contributed by atoms with van der Waals surface area (Å²) in [4.78, 5) is 12.8. The van der Waals surface area contributed by atoms with E-state index in [1.807, 2.05) is 0 Å². The molecule has 3 aromatic rings. The Morgan fingerprint density at radius 2 is 1.79 bits per heavy atom. The van der Waals surface area contributed by atoms with Gasteiger partial charge in [0.1, 0.15) is 0 Å². The van der Waals surface area contributed by atoms with Gasteiger partial charge >= 0.3 is 6.18 Å². The first-order chi connectivity index (χ1) is 13.0. The molecule has 29 heavy (non-hydrogen) atoms. The van der Waals surface area contributed by atoms with E-state index in [4.69, 9.17) is 17.3 Å². The molecular weight excluding hydrogens is 446 g/mol. The van der Waals surface area contributed by atoms with Gasteiger partial charge in [-0.3, -0.25) is 4.79 Å². The van der Waals surface area contributed by atoms with Crippen molar-refractivity contribution in [2.75, 3.05) is 6.61 Å². The Balaban J connectivity index is 0.00000300. The van der Waals surface area contributed by atoms with Crippen LogP contribution in [0.4, 0.5) is 13.2 Å². The van der Waals surface area contributed by atoms with Crippen LogP contribution in [0.25, 0.3) is 20.2 Å². The highest BCUT2D eigenvalue weighted by molar-refractivity contribution is 7.24. The Morgan fingerprint density at radius 3 is 2.41 bits per heavy atom. The molecule has 1 heterocycles. The van der Waals surface area contributed by atoms with Crippen LogP contribution in [0.5, 0.6) is 0 Å². The normalized spacial score (nSPS) is 14.0. The van der Waals surface area contributed by atoms with Crippen LogP contribution in [-0.2, 0) is 12.6 Å². The minimum absolute atomic E-state index is 0. The van der Waals surface area contributed by atoms with Crippen molar-refractivity contribution in [1.29, 1.82) is 0 Å². The lowest BCUT2D eigenvalue weighted by Gasteiger charge is -2.21. The fourth-order valence-corrected chi connectivity index (χ4v) is 4.50. The van der Waals surface area contributed by atoms with Crippen LogP contribution in [0.15, 0.2) is 35.1 Å². The van der Waals surface area contributed by atoms with Gasteiger partial charge < -0.3 is 10.8 Å². The van der Waals surface area contributed by atoms with Gasteiger partial charge in [-0.1, -0.05) is 11.6 Å². The molecule has 0 aliphatic carbocycles. The topological polar surface area (TPSA) is 63.3 Å². The van der Waals surface area contributed by atoms with E-state index >= 15 is 0 Å². The molecule has 3 N–H and O–H groups in total. The maximum absolute atomic E-state index is 13.0. The molecule has 0 amide bonds. The van der Waals surface area contributed by atoms with Crippen LogP contribution in [0, 0.1) is 0 Å². The summed E-state index contributed by atoms with van der Waals surface area (Å²) in [6.07, 6.45) is -2.62. The molecule has 0 fully saturated rings. The summed E-state index contributed by atoms with van der Waals surface area (Å²) in [5.74, 6) is 0. The van der Waals surface area contributed by atoms with E-state index in [1.54, 1.807) is 19.1 Å². The van der Waals surface area contributed by atoms with Gasteiger partial charge in [-0.15, -0.1) is 23.7 Å². The second kappa shape index (κ2) is 8.78. The van der Waals surface area contributed by atoms with Crippen LogP contribution in [0.1, 0.15) is 30.9 Å². The van der Waals surface area contributed by atoms with E-state index in [-0.39, 0.29) is 34.5 Å². The Labute approximate surface area is 180 Å². The first-order valence-corrected chi connectivity index (χ1v) is 9.87. The quantitative estimate of drug-likeness (QED) is 0.486. The van der Waals surface area contributed by atoms with Crippen LogP contribution in [0.3, 0.4) is 0 Å². The number of aliphatic hydroxyl groups is 1. The fourth-order valence-electron chi connectivity index (χ4n) is 3.05. The molecule has 1 atom stereocenters. The SMILES string of the molecule is CC(N)(CO)CCCc1cc2c(=O)c3ccc(C(F)(F)F)cc3sc2cc1Cl.Cl. The molecule has 0 bridgehead atoms. The highest BCUT2D eigenvalue weighted by atomic mass is 35.5. The van der Waals surface area contributed by atoms with E-state index < -0.39 is 17.3 Å². The lowest BCUT2D eigenvalue weighted by atomic mass is 9.95. The summed E-state index contributed by atoms with van der Waals surface area (Å²) in [5.41, 5.74) is 4.93. The number of fused-ring (bicyclic) bond motifs is 2. The fraction of sp³-hybridized carbons (Fsp3) is 0.350. The maximum atomic E-state index is 13.0. The summed E-state index contributed by atoms with van der Waals surface area (Å²) in [7, 11) is 0. The van der Waals surface area contributed by atoms with Gasteiger partial charge in [0.05, 0.1) is 12.2 Å². The Morgan fingerprint density at radius 1 is 1.14 bits per heavy atom. The van der Waals surface area contributed by atoms with E-state index in [2.05, 4.69) is 0 Å². The second-order valence-electron chi connectivity index (χ2n) is 7.25. The van der Waals surface area contributed by atoms with Gasteiger partial charge in [-0.2, -0.15) is 13.2 Å². The Hall–Kier alpha value is -1.38. The molecule has 3 rings (SSSR count). The first-order valence-electron chi connectivity index (χ1n) is 8.68. The van der Waals surface area contributed by atoms with E-state index in [1.165, 1.54) is 6.07 Å². The minimum Gasteiger partial charge on any atom is -0.394 e. The van der Waals surface area contributed by atoms with Gasteiger partial charge in [0, 0.05) is 30.7 Å². The lowest BCUT2D eigenvalue weighted by molar-refractivity contribution is -0.137. The largest absolute Gasteiger partial charge is 0.416 e. The molecule has 0 saturated carbocycles. The Kier molecular flexibility index (Phi) is 7.23. The second-order valence-corrected chi connectivity index (χ2v) is 8.74. The molecule has 0 spiro atoms. The van der Waals surface area contributed by atoms with Crippen molar-refractivity contribution in [3.63, 3.8) is 0 Å². The highest BCUT2D eigenvalue weighted by Crippen LogP contribution is 2.35. The van der Waals surface area contributed by atoms with Crippen molar-refractivity contribution in [3.05, 3.63) is 56.7 Å². The third-order valence-corrected chi connectivity index (χ3v) is 6.19. The summed E-state index contributed by atoms with van der Waals surface area (Å²) in [5, 5.41) is 10.4. The monoisotopic (exact) mass is 465 g/mol. The van der Waals surface area contributed by atoms with E-state index in [9.17, 15) is 23.1 Å². The number of nitrogens with two attached hydrogens (primary N) is 1. The van der Waals surface area contributed by atoms with Crippen LogP contribution >= 0.6 is 35.3 Å². The number of rotatable bonds is 5. The van der Waals surface area contributed by atoms with Crippen molar-refractivity contribution in [2.45, 2.75) is 37.9 Å². The third-order valence-electron chi connectivity index (χ3n) is 4.72. The zero-order chi connectivity index (χ0) is 20.7. The predicted octanol–water partition coefficient (Wildman–Crippen LogP) is 5.54. The number of hydrogen-bond acceptors (Lipinski definition) is 4. The molecule has 158 valence electrons. The predicted molar refractivity (Wildman–Crippen MR) is 115 cm³/mol. The number of hydrogen-bond donors (Lipinski definition) is 2.